The molecule has 0 radical (unpaired) electrons. The van der Waals surface area contributed by atoms with E-state index in [9.17, 15) is 0 Å². The Morgan fingerprint density at radius 2 is 1.06 bits per heavy atom. The third-order valence-corrected chi connectivity index (χ3v) is 4.18. The van der Waals surface area contributed by atoms with Crippen LogP contribution in [0, 0.1) is 0 Å². The summed E-state index contributed by atoms with van der Waals surface area (Å²) in [7, 11) is 0. The number of hydrogen-bond acceptors (Lipinski definition) is 4. The monoisotopic (exact) mass is 318 g/mol. The van der Waals surface area contributed by atoms with Gasteiger partial charge in [-0.15, -0.1) is 0 Å². The molecule has 1 aromatic carbocycles. The van der Waals surface area contributed by atoms with Crippen molar-refractivity contribution in [3.05, 3.63) is 34.4 Å². The van der Waals surface area contributed by atoms with Crippen LogP contribution < -0.4 is 0 Å². The predicted octanol–water partition coefficient (Wildman–Crippen LogP) is 5.65. The van der Waals surface area contributed by atoms with Crippen molar-refractivity contribution >= 4 is 50.5 Å². The lowest BCUT2D eigenvalue weighted by atomic mass is 9.91. The van der Waals surface area contributed by atoms with Crippen molar-refractivity contribution in [3.8, 4) is 0 Å². The Labute approximate surface area is 133 Å². The van der Waals surface area contributed by atoms with E-state index in [1.54, 1.807) is 0 Å². The molecule has 1 rings (SSSR count). The Morgan fingerprint density at radius 1 is 0.667 bits per heavy atom. The highest BCUT2D eigenvalue weighted by molar-refractivity contribution is 7.81. The van der Waals surface area contributed by atoms with E-state index in [4.69, 9.17) is 0 Å². The van der Waals surface area contributed by atoms with E-state index in [2.05, 4.69) is 90.3 Å². The van der Waals surface area contributed by atoms with Crippen LogP contribution in [0.15, 0.2) is 12.1 Å². The molecule has 0 heterocycles. The van der Waals surface area contributed by atoms with Crippen molar-refractivity contribution in [1.29, 1.82) is 0 Å². The number of rotatable bonds is 4. The molecule has 0 bridgehead atoms. The maximum Gasteiger partial charge on any atom is 0.0245 e. The summed E-state index contributed by atoms with van der Waals surface area (Å²) >= 11 is 18.4. The molecule has 0 N–H and O–H groups in total. The zero-order valence-corrected chi connectivity index (χ0v) is 14.8. The maximum absolute atomic E-state index is 4.62. The van der Waals surface area contributed by atoms with Gasteiger partial charge in [-0.1, -0.05) is 12.1 Å². The summed E-state index contributed by atoms with van der Waals surface area (Å²) in [6, 6.07) is 4.41. The van der Waals surface area contributed by atoms with Crippen molar-refractivity contribution in [2.75, 3.05) is 0 Å². The molecule has 102 valence electrons. The highest BCUT2D eigenvalue weighted by Crippen LogP contribution is 2.39. The predicted molar refractivity (Wildman–Crippen MR) is 96.0 cm³/mol. The second-order valence-electron chi connectivity index (χ2n) is 4.82. The first-order chi connectivity index (χ1) is 8.25. The topological polar surface area (TPSA) is 0 Å². The van der Waals surface area contributed by atoms with Gasteiger partial charge in [-0.2, -0.15) is 50.5 Å². The fraction of sp³-hybridized carbons (Fsp3) is 0.571. The lowest BCUT2D eigenvalue weighted by Gasteiger charge is -2.24. The molecule has 0 spiro atoms. The molecule has 18 heavy (non-hydrogen) atoms. The van der Waals surface area contributed by atoms with E-state index in [-0.39, 0.29) is 21.0 Å². The summed E-state index contributed by atoms with van der Waals surface area (Å²) in [5.74, 6) is 0. The minimum Gasteiger partial charge on any atom is -0.171 e. The van der Waals surface area contributed by atoms with E-state index in [0.29, 0.717) is 0 Å². The lowest BCUT2D eigenvalue weighted by Crippen LogP contribution is -2.05. The zero-order chi connectivity index (χ0) is 14.0. The van der Waals surface area contributed by atoms with Crippen LogP contribution in [0.25, 0.3) is 0 Å². The van der Waals surface area contributed by atoms with Crippen molar-refractivity contribution < 1.29 is 0 Å². The molecule has 1 aromatic rings. The molecule has 0 saturated heterocycles. The Morgan fingerprint density at radius 3 is 1.28 bits per heavy atom. The van der Waals surface area contributed by atoms with Crippen molar-refractivity contribution in [3.63, 3.8) is 0 Å². The van der Waals surface area contributed by atoms with Crippen LogP contribution in [0.3, 0.4) is 0 Å². The summed E-state index contributed by atoms with van der Waals surface area (Å²) in [5.41, 5.74) is 4.98. The van der Waals surface area contributed by atoms with Gasteiger partial charge in [0.1, 0.15) is 0 Å². The first-order valence-corrected chi connectivity index (χ1v) is 8.22. The van der Waals surface area contributed by atoms with Crippen LogP contribution in [0.2, 0.25) is 0 Å². The summed E-state index contributed by atoms with van der Waals surface area (Å²) in [5, 5.41) is 0.773. The van der Waals surface area contributed by atoms with Gasteiger partial charge in [0.05, 0.1) is 0 Å². The largest absolute Gasteiger partial charge is 0.171 e. The Hall–Kier alpha value is 0.620. The van der Waals surface area contributed by atoms with Gasteiger partial charge in [-0.25, -0.2) is 0 Å². The summed E-state index contributed by atoms with van der Waals surface area (Å²) in [6.45, 7) is 8.37. The second kappa shape index (κ2) is 6.87. The fourth-order valence-electron chi connectivity index (χ4n) is 2.14. The average Bonchev–Trinajstić information content (AvgIpc) is 2.26. The van der Waals surface area contributed by atoms with Crippen molar-refractivity contribution in [2.45, 2.75) is 48.7 Å². The van der Waals surface area contributed by atoms with Crippen LogP contribution in [0.5, 0.6) is 0 Å². The van der Waals surface area contributed by atoms with Gasteiger partial charge < -0.3 is 0 Å². The molecule has 0 nitrogen and oxygen atoms in total. The van der Waals surface area contributed by atoms with Gasteiger partial charge in [-0.05, 0) is 49.9 Å². The molecule has 0 aliphatic heterocycles. The van der Waals surface area contributed by atoms with Crippen LogP contribution >= 0.6 is 50.5 Å². The molecule has 0 aromatic heterocycles. The Kier molecular flexibility index (Phi) is 6.36. The highest BCUT2D eigenvalue weighted by Gasteiger charge is 2.20. The van der Waals surface area contributed by atoms with E-state index >= 15 is 0 Å². The third-order valence-electron chi connectivity index (χ3n) is 3.07. The summed E-state index contributed by atoms with van der Waals surface area (Å²) < 4.78 is 0. The van der Waals surface area contributed by atoms with Crippen LogP contribution in [0.1, 0.15) is 70.9 Å². The van der Waals surface area contributed by atoms with Gasteiger partial charge in [0, 0.05) is 21.0 Å². The van der Waals surface area contributed by atoms with Gasteiger partial charge in [0.25, 0.3) is 0 Å². The quantitative estimate of drug-likeness (QED) is 0.507. The first kappa shape index (κ1) is 16.7. The van der Waals surface area contributed by atoms with E-state index in [0.717, 1.165) is 0 Å². The fourth-order valence-corrected chi connectivity index (χ4v) is 3.01. The molecule has 4 unspecified atom stereocenters. The molecule has 0 aliphatic rings. The Bertz CT molecular complexity index is 379. The third kappa shape index (κ3) is 3.81. The standard InChI is InChI=1S/C14H22S4/c1-7(15)11-5-12(8(2)16)14(10(4)18)13(6-11)9(3)17/h5-10,15-18H,1-4H3. The zero-order valence-electron chi connectivity index (χ0n) is 11.3. The van der Waals surface area contributed by atoms with E-state index < -0.39 is 0 Å². The van der Waals surface area contributed by atoms with Gasteiger partial charge in [0.15, 0.2) is 0 Å². The van der Waals surface area contributed by atoms with Crippen molar-refractivity contribution in [1.82, 2.24) is 0 Å². The van der Waals surface area contributed by atoms with Gasteiger partial charge >= 0.3 is 0 Å². The number of hydrogen-bond donors (Lipinski definition) is 4. The minimum atomic E-state index is 0.184. The Balaban J connectivity index is 3.55. The van der Waals surface area contributed by atoms with Crippen LogP contribution in [-0.2, 0) is 0 Å². The normalized spacial score (nSPS) is 18.2. The first-order valence-electron chi connectivity index (χ1n) is 6.15. The van der Waals surface area contributed by atoms with Crippen LogP contribution in [0.4, 0.5) is 0 Å². The molecule has 0 amide bonds. The molecular formula is C14H22S4. The van der Waals surface area contributed by atoms with E-state index in [1.807, 2.05) is 0 Å². The number of thiol groups is 4. The minimum absolute atomic E-state index is 0.184. The molecule has 0 aliphatic carbocycles. The SMILES string of the molecule is CC(S)c1cc(C(C)S)c(C(C)S)c(C(C)S)c1. The second-order valence-corrected chi connectivity index (χ2v) is 7.92. The molecule has 4 atom stereocenters. The number of benzene rings is 1. The van der Waals surface area contributed by atoms with Crippen LogP contribution in [-0.4, -0.2) is 0 Å². The summed E-state index contributed by atoms with van der Waals surface area (Å²) in [6.07, 6.45) is 0. The van der Waals surface area contributed by atoms with Gasteiger partial charge in [-0.3, -0.25) is 0 Å². The summed E-state index contributed by atoms with van der Waals surface area (Å²) in [4.78, 5) is 0. The highest BCUT2D eigenvalue weighted by atomic mass is 32.1. The lowest BCUT2D eigenvalue weighted by molar-refractivity contribution is 0.938. The van der Waals surface area contributed by atoms with Crippen molar-refractivity contribution in [2.24, 2.45) is 0 Å². The molecule has 4 heteroatoms. The molecule has 0 fully saturated rings. The smallest absolute Gasteiger partial charge is 0.0245 e. The maximum atomic E-state index is 4.62. The average molecular weight is 319 g/mol. The molecule has 0 saturated carbocycles. The molecular weight excluding hydrogens is 296 g/mol. The van der Waals surface area contributed by atoms with E-state index in [1.165, 1.54) is 22.3 Å². The van der Waals surface area contributed by atoms with Gasteiger partial charge in [0.2, 0.25) is 0 Å².